The zero-order valence-corrected chi connectivity index (χ0v) is 35.8. The minimum atomic E-state index is -2.68. The number of halogens is 4. The highest BCUT2D eigenvalue weighted by Gasteiger charge is 2.39. The summed E-state index contributed by atoms with van der Waals surface area (Å²) in [6, 6.07) is 20.6. The Bertz CT molecular complexity index is 2440. The Morgan fingerprint density at radius 1 is 0.714 bits per heavy atom. The number of benzene rings is 2. The highest BCUT2D eigenvalue weighted by Crippen LogP contribution is 2.41. The minimum absolute atomic E-state index is 0.0608. The van der Waals surface area contributed by atoms with Gasteiger partial charge in [-0.1, -0.05) is 74.5 Å². The Labute approximate surface area is 363 Å². The molecule has 0 radical (unpaired) electrons. The lowest BCUT2D eigenvalue weighted by atomic mass is 9.86. The summed E-state index contributed by atoms with van der Waals surface area (Å²) in [5.41, 5.74) is 2.40. The minimum Gasteiger partial charge on any atom is -0.350 e. The molecule has 2 aliphatic heterocycles. The summed E-state index contributed by atoms with van der Waals surface area (Å²) in [6.07, 6.45) is 1.70. The summed E-state index contributed by atoms with van der Waals surface area (Å²) in [7, 11) is 0. The van der Waals surface area contributed by atoms with E-state index < -0.39 is 17.8 Å². The van der Waals surface area contributed by atoms with Crippen LogP contribution in [0.25, 0.3) is 5.52 Å². The van der Waals surface area contributed by atoms with Crippen molar-refractivity contribution in [3.8, 4) is 0 Å². The fourth-order valence-electron chi connectivity index (χ4n) is 9.74. The standard InChI is InChI=1S/C23H29F2N5O2.C23H27F2N5O/c1-15-12-30(13-16-5-3-2-4-6-16)14-18(15)20-27-22(32)19(28-29-20)11-26-21(31)17-7-9-23(24,25)10-8-17;1-15-12-29(13-16-5-3-2-4-6-16)14-18(15)20-27-22(31)19-11-26-21(30(19)28-20)17-7-9-23(24,25)10-8-17/h2-6,15,17-18H,7-14H2,1H3,(H,26,31)(H,27,29,32);2-6,11,15,17-18H,7-10,12-14H2,1H3,(H,27,28,31). The van der Waals surface area contributed by atoms with Gasteiger partial charge in [-0.2, -0.15) is 5.10 Å². The molecule has 0 bridgehead atoms. The SMILES string of the molecule is CC1CN(Cc2ccccc2)CC1c1nn2c(C3CCC(F)(F)CC3)ncc2c(=O)[nH]1.CC1CN(Cc2ccccc2)CC1c1nnc(CNC(=O)C2CCC(F)(F)CC2)c(=O)[nH]1. The van der Waals surface area contributed by atoms with E-state index in [0.717, 1.165) is 39.3 Å². The number of imidazole rings is 1. The van der Waals surface area contributed by atoms with E-state index in [-0.39, 0.29) is 85.5 Å². The van der Waals surface area contributed by atoms with Crippen molar-refractivity contribution in [1.82, 2.24) is 49.9 Å². The van der Waals surface area contributed by atoms with Gasteiger partial charge in [-0.3, -0.25) is 24.2 Å². The third kappa shape index (κ3) is 10.7. The van der Waals surface area contributed by atoms with Gasteiger partial charge in [0.1, 0.15) is 23.2 Å². The van der Waals surface area contributed by atoms with Crippen LogP contribution in [0.2, 0.25) is 0 Å². The Morgan fingerprint density at radius 2 is 1.24 bits per heavy atom. The second kappa shape index (κ2) is 18.8. The first-order valence-electron chi connectivity index (χ1n) is 22.2. The third-order valence-corrected chi connectivity index (χ3v) is 13.4. The third-order valence-electron chi connectivity index (χ3n) is 13.4. The smallest absolute Gasteiger partial charge is 0.276 e. The number of carbonyl (C=O) groups is 1. The van der Waals surface area contributed by atoms with E-state index in [4.69, 9.17) is 5.10 Å². The van der Waals surface area contributed by atoms with Crippen LogP contribution in [-0.4, -0.2) is 88.5 Å². The van der Waals surface area contributed by atoms with E-state index in [2.05, 4.69) is 78.4 Å². The van der Waals surface area contributed by atoms with Crippen molar-refractivity contribution >= 4 is 11.4 Å². The lowest BCUT2D eigenvalue weighted by Gasteiger charge is -2.27. The zero-order chi connectivity index (χ0) is 44.3. The predicted molar refractivity (Wildman–Crippen MR) is 228 cm³/mol. The monoisotopic (exact) mass is 872 g/mol. The molecular weight excluding hydrogens is 817 g/mol. The van der Waals surface area contributed by atoms with Gasteiger partial charge in [-0.25, -0.2) is 27.1 Å². The van der Waals surface area contributed by atoms with Crippen LogP contribution in [0.15, 0.2) is 76.4 Å². The molecule has 0 spiro atoms. The molecule has 13 nitrogen and oxygen atoms in total. The van der Waals surface area contributed by atoms with Gasteiger partial charge in [0.2, 0.25) is 17.8 Å². The molecule has 63 heavy (non-hydrogen) atoms. The number of rotatable bonds is 10. The fourth-order valence-corrected chi connectivity index (χ4v) is 9.74. The summed E-state index contributed by atoms with van der Waals surface area (Å²) in [5.74, 6) is -3.46. The number of nitrogens with zero attached hydrogens (tertiary/aromatic N) is 7. The van der Waals surface area contributed by atoms with Crippen molar-refractivity contribution in [1.29, 1.82) is 0 Å². The summed E-state index contributed by atoms with van der Waals surface area (Å²) >= 11 is 0. The molecule has 5 aromatic rings. The van der Waals surface area contributed by atoms with Crippen LogP contribution < -0.4 is 16.4 Å². The number of alkyl halides is 4. The van der Waals surface area contributed by atoms with Gasteiger partial charge in [0.25, 0.3) is 11.1 Å². The molecule has 4 atom stereocenters. The van der Waals surface area contributed by atoms with Crippen molar-refractivity contribution in [2.45, 2.75) is 114 Å². The number of carbonyl (C=O) groups excluding carboxylic acids is 1. The topological polar surface area (TPSA) is 157 Å². The van der Waals surface area contributed by atoms with Gasteiger partial charge < -0.3 is 15.3 Å². The fraction of sp³-hybridized carbons (Fsp3) is 0.543. The number of H-pyrrole nitrogens is 2. The van der Waals surface area contributed by atoms with Crippen LogP contribution >= 0.6 is 0 Å². The maximum absolute atomic E-state index is 13.6. The summed E-state index contributed by atoms with van der Waals surface area (Å²) in [6.45, 7) is 9.38. The van der Waals surface area contributed by atoms with Crippen LogP contribution in [0.4, 0.5) is 17.6 Å². The summed E-state index contributed by atoms with van der Waals surface area (Å²) in [4.78, 5) is 52.5. The molecule has 3 aromatic heterocycles. The molecule has 2 aromatic carbocycles. The average Bonchev–Trinajstić information content (AvgIpc) is 3.97. The second-order valence-corrected chi connectivity index (χ2v) is 18.2. The first-order chi connectivity index (χ1) is 30.2. The van der Waals surface area contributed by atoms with Crippen molar-refractivity contribution in [2.24, 2.45) is 17.8 Å². The second-order valence-electron chi connectivity index (χ2n) is 18.2. The summed E-state index contributed by atoms with van der Waals surface area (Å²) in [5, 5.41) is 15.7. The predicted octanol–water partition coefficient (Wildman–Crippen LogP) is 6.79. The molecule has 17 heteroatoms. The number of amides is 1. The van der Waals surface area contributed by atoms with E-state index in [9.17, 15) is 31.9 Å². The molecule has 1 amide bonds. The Kier molecular flexibility index (Phi) is 13.2. The normalized spacial score (nSPS) is 24.3. The van der Waals surface area contributed by atoms with Crippen LogP contribution in [0, 0.1) is 17.8 Å². The molecule has 2 aliphatic carbocycles. The number of hydrogen-bond acceptors (Lipinski definition) is 9. The maximum atomic E-state index is 13.6. The van der Waals surface area contributed by atoms with Crippen LogP contribution in [0.3, 0.4) is 0 Å². The zero-order valence-electron chi connectivity index (χ0n) is 35.8. The lowest BCUT2D eigenvalue weighted by Crippen LogP contribution is -2.37. The quantitative estimate of drug-likeness (QED) is 0.129. The number of hydrogen-bond donors (Lipinski definition) is 3. The molecule has 9 rings (SSSR count). The molecule has 5 heterocycles. The molecule has 4 fully saturated rings. The number of likely N-dealkylation sites (tertiary alicyclic amines) is 2. The highest BCUT2D eigenvalue weighted by atomic mass is 19.3. The van der Waals surface area contributed by atoms with Crippen molar-refractivity contribution < 1.29 is 22.4 Å². The maximum Gasteiger partial charge on any atom is 0.276 e. The van der Waals surface area contributed by atoms with E-state index >= 15 is 0 Å². The van der Waals surface area contributed by atoms with Crippen molar-refractivity contribution in [2.75, 3.05) is 26.2 Å². The van der Waals surface area contributed by atoms with Crippen LogP contribution in [-0.2, 0) is 24.4 Å². The first kappa shape index (κ1) is 44.3. The Balaban J connectivity index is 0.000000173. The van der Waals surface area contributed by atoms with Crippen LogP contribution in [0.1, 0.15) is 117 Å². The Morgan fingerprint density at radius 3 is 1.79 bits per heavy atom. The number of aromatic nitrogens is 7. The largest absolute Gasteiger partial charge is 0.350 e. The summed E-state index contributed by atoms with van der Waals surface area (Å²) < 4.78 is 55.4. The molecule has 336 valence electrons. The van der Waals surface area contributed by atoms with E-state index in [1.165, 1.54) is 17.3 Å². The highest BCUT2D eigenvalue weighted by molar-refractivity contribution is 5.78. The van der Waals surface area contributed by atoms with E-state index in [0.29, 0.717) is 47.7 Å². The first-order valence-corrected chi connectivity index (χ1v) is 22.2. The van der Waals surface area contributed by atoms with E-state index in [1.54, 1.807) is 4.52 Å². The molecule has 2 saturated carbocycles. The Hall–Kier alpha value is -5.29. The number of nitrogens with one attached hydrogen (secondary N) is 3. The van der Waals surface area contributed by atoms with Gasteiger partial charge in [-0.15, -0.1) is 10.2 Å². The molecule has 4 unspecified atom stereocenters. The van der Waals surface area contributed by atoms with Gasteiger partial charge in [0.05, 0.1) is 12.7 Å². The van der Waals surface area contributed by atoms with Crippen LogP contribution in [0.5, 0.6) is 0 Å². The molecular formula is C46H56F4N10O3. The van der Waals surface area contributed by atoms with Crippen molar-refractivity contribution in [3.05, 3.63) is 122 Å². The average molecular weight is 873 g/mol. The van der Waals surface area contributed by atoms with Gasteiger partial charge in [0, 0.05) is 88.6 Å². The van der Waals surface area contributed by atoms with E-state index in [1.807, 2.05) is 36.4 Å². The number of aromatic amines is 2. The van der Waals surface area contributed by atoms with Gasteiger partial charge in [-0.05, 0) is 48.6 Å². The lowest BCUT2D eigenvalue weighted by molar-refractivity contribution is -0.129. The van der Waals surface area contributed by atoms with Gasteiger partial charge in [0.15, 0.2) is 5.52 Å². The number of fused-ring (bicyclic) bond motifs is 1. The molecule has 4 aliphatic rings. The van der Waals surface area contributed by atoms with Gasteiger partial charge >= 0.3 is 0 Å². The molecule has 3 N–H and O–H groups in total. The molecule has 2 saturated heterocycles. The van der Waals surface area contributed by atoms with Crippen molar-refractivity contribution in [3.63, 3.8) is 0 Å².